The van der Waals surface area contributed by atoms with E-state index in [1.165, 1.54) is 32.1 Å². The summed E-state index contributed by atoms with van der Waals surface area (Å²) < 4.78 is 0. The number of carbonyl (C=O) groups excluding carboxylic acids is 1. The highest BCUT2D eigenvalue weighted by molar-refractivity contribution is 5.85. The van der Waals surface area contributed by atoms with E-state index in [9.17, 15) is 4.79 Å². The molecule has 1 amide bonds. The zero-order chi connectivity index (χ0) is 14.4. The van der Waals surface area contributed by atoms with Gasteiger partial charge in [0, 0.05) is 6.54 Å². The Kier molecular flexibility index (Phi) is 7.76. The Morgan fingerprint density at radius 2 is 1.76 bits per heavy atom. The van der Waals surface area contributed by atoms with E-state index in [4.69, 9.17) is 5.73 Å². The quantitative estimate of drug-likeness (QED) is 0.875. The lowest BCUT2D eigenvalue weighted by atomic mass is 9.81. The summed E-state index contributed by atoms with van der Waals surface area (Å²) in [5.41, 5.74) is 6.86. The van der Waals surface area contributed by atoms with Crippen molar-refractivity contribution in [2.24, 2.45) is 17.6 Å². The molecule has 0 bridgehead atoms. The first-order valence-electron chi connectivity index (χ1n) is 7.79. The molecule has 4 heteroatoms. The molecule has 1 fully saturated rings. The Morgan fingerprint density at radius 1 is 1.19 bits per heavy atom. The van der Waals surface area contributed by atoms with Gasteiger partial charge in [-0.3, -0.25) is 4.79 Å². The van der Waals surface area contributed by atoms with E-state index < -0.39 is 6.04 Å². The average Bonchev–Trinajstić information content (AvgIpc) is 2.53. The van der Waals surface area contributed by atoms with Crippen LogP contribution in [0.5, 0.6) is 0 Å². The molecule has 1 unspecified atom stereocenters. The van der Waals surface area contributed by atoms with Crippen LogP contribution in [0.25, 0.3) is 0 Å². The van der Waals surface area contributed by atoms with Crippen LogP contribution in [0, 0.1) is 11.8 Å². The highest BCUT2D eigenvalue weighted by Crippen LogP contribution is 2.30. The summed E-state index contributed by atoms with van der Waals surface area (Å²) >= 11 is 0. The first-order chi connectivity index (χ1) is 9.70. The van der Waals surface area contributed by atoms with Gasteiger partial charge in [0.2, 0.25) is 5.91 Å². The molecule has 1 aliphatic rings. The zero-order valence-corrected chi connectivity index (χ0v) is 13.6. The first kappa shape index (κ1) is 18.0. The van der Waals surface area contributed by atoms with Gasteiger partial charge in [0.1, 0.15) is 6.04 Å². The molecule has 1 atom stereocenters. The van der Waals surface area contributed by atoms with Gasteiger partial charge in [-0.2, -0.15) is 0 Å². The minimum atomic E-state index is -0.553. The van der Waals surface area contributed by atoms with Gasteiger partial charge < -0.3 is 11.1 Å². The van der Waals surface area contributed by atoms with Crippen molar-refractivity contribution in [3.63, 3.8) is 0 Å². The van der Waals surface area contributed by atoms with Crippen LogP contribution in [0.1, 0.15) is 50.6 Å². The van der Waals surface area contributed by atoms with Gasteiger partial charge >= 0.3 is 0 Å². The van der Waals surface area contributed by atoms with Gasteiger partial charge in [-0.15, -0.1) is 12.4 Å². The van der Waals surface area contributed by atoms with E-state index in [0.717, 1.165) is 18.0 Å². The van der Waals surface area contributed by atoms with Crippen molar-refractivity contribution in [2.45, 2.75) is 45.1 Å². The number of benzene rings is 1. The maximum absolute atomic E-state index is 12.1. The van der Waals surface area contributed by atoms with E-state index >= 15 is 0 Å². The van der Waals surface area contributed by atoms with Gasteiger partial charge in [-0.05, 0) is 30.2 Å². The standard InChI is InChI=1S/C17H26N2O.ClH/c1-2-13-8-10-14(11-9-13)12-19-17(20)16(18)15-6-4-3-5-7-15;/h3-7,13-14,16H,2,8-12,18H2,1H3,(H,19,20);1H. The van der Waals surface area contributed by atoms with E-state index in [0.29, 0.717) is 5.92 Å². The van der Waals surface area contributed by atoms with Crippen LogP contribution in [0.15, 0.2) is 30.3 Å². The minimum absolute atomic E-state index is 0. The van der Waals surface area contributed by atoms with Gasteiger partial charge in [0.25, 0.3) is 0 Å². The summed E-state index contributed by atoms with van der Waals surface area (Å²) in [7, 11) is 0. The molecule has 0 aliphatic heterocycles. The van der Waals surface area contributed by atoms with Crippen molar-refractivity contribution < 1.29 is 4.79 Å². The van der Waals surface area contributed by atoms with Crippen molar-refractivity contribution in [1.82, 2.24) is 5.32 Å². The molecule has 1 aliphatic carbocycles. The normalized spacial score (nSPS) is 23.0. The molecule has 0 aromatic heterocycles. The molecule has 0 heterocycles. The lowest BCUT2D eigenvalue weighted by Gasteiger charge is -2.28. The lowest BCUT2D eigenvalue weighted by molar-refractivity contribution is -0.122. The van der Waals surface area contributed by atoms with Crippen LogP contribution in [0.4, 0.5) is 0 Å². The van der Waals surface area contributed by atoms with E-state index in [-0.39, 0.29) is 18.3 Å². The summed E-state index contributed by atoms with van der Waals surface area (Å²) in [4.78, 5) is 12.1. The molecule has 1 aromatic rings. The molecule has 3 N–H and O–H groups in total. The topological polar surface area (TPSA) is 55.1 Å². The third kappa shape index (κ3) is 5.33. The van der Waals surface area contributed by atoms with Crippen LogP contribution < -0.4 is 11.1 Å². The van der Waals surface area contributed by atoms with E-state index in [2.05, 4.69) is 12.2 Å². The summed E-state index contributed by atoms with van der Waals surface area (Å²) in [6.45, 7) is 3.04. The summed E-state index contributed by atoms with van der Waals surface area (Å²) in [5.74, 6) is 1.46. The maximum Gasteiger partial charge on any atom is 0.241 e. The highest BCUT2D eigenvalue weighted by atomic mass is 35.5. The number of halogens is 1. The van der Waals surface area contributed by atoms with Crippen LogP contribution >= 0.6 is 12.4 Å². The smallest absolute Gasteiger partial charge is 0.241 e. The first-order valence-corrected chi connectivity index (χ1v) is 7.79. The Labute approximate surface area is 134 Å². The second-order valence-corrected chi connectivity index (χ2v) is 5.93. The molecule has 0 saturated heterocycles. The van der Waals surface area contributed by atoms with Crippen molar-refractivity contribution in [1.29, 1.82) is 0 Å². The Bertz CT molecular complexity index is 416. The third-order valence-corrected chi connectivity index (χ3v) is 4.55. The van der Waals surface area contributed by atoms with Crippen molar-refractivity contribution >= 4 is 18.3 Å². The second-order valence-electron chi connectivity index (χ2n) is 5.93. The van der Waals surface area contributed by atoms with Crippen LogP contribution in [-0.4, -0.2) is 12.5 Å². The summed E-state index contributed by atoms with van der Waals surface area (Å²) in [5, 5.41) is 3.02. The van der Waals surface area contributed by atoms with Crippen molar-refractivity contribution in [3.05, 3.63) is 35.9 Å². The Balaban J connectivity index is 0.00000220. The monoisotopic (exact) mass is 310 g/mol. The fourth-order valence-electron chi connectivity index (χ4n) is 3.01. The van der Waals surface area contributed by atoms with Crippen LogP contribution in [-0.2, 0) is 4.79 Å². The summed E-state index contributed by atoms with van der Waals surface area (Å²) in [6.07, 6.45) is 6.38. The average molecular weight is 311 g/mol. The van der Waals surface area contributed by atoms with Gasteiger partial charge in [-0.25, -0.2) is 0 Å². The second kappa shape index (κ2) is 9.06. The summed E-state index contributed by atoms with van der Waals surface area (Å²) in [6, 6.07) is 9.00. The van der Waals surface area contributed by atoms with E-state index in [1.54, 1.807) is 0 Å². The van der Waals surface area contributed by atoms with Crippen LogP contribution in [0.2, 0.25) is 0 Å². The van der Waals surface area contributed by atoms with Gasteiger partial charge in [-0.1, -0.05) is 56.5 Å². The number of nitrogens with two attached hydrogens (primary N) is 1. The van der Waals surface area contributed by atoms with Crippen molar-refractivity contribution in [2.75, 3.05) is 6.54 Å². The molecular weight excluding hydrogens is 284 g/mol. The molecule has 118 valence electrons. The predicted octanol–water partition coefficient (Wildman–Crippen LogP) is 3.44. The molecule has 1 aromatic carbocycles. The molecular formula is C17H27ClN2O. The van der Waals surface area contributed by atoms with Crippen LogP contribution in [0.3, 0.4) is 0 Å². The predicted molar refractivity (Wildman–Crippen MR) is 89.4 cm³/mol. The fraction of sp³-hybridized carbons (Fsp3) is 0.588. The molecule has 0 radical (unpaired) electrons. The molecule has 3 nitrogen and oxygen atoms in total. The third-order valence-electron chi connectivity index (χ3n) is 4.55. The largest absolute Gasteiger partial charge is 0.354 e. The fourth-order valence-corrected chi connectivity index (χ4v) is 3.01. The molecule has 21 heavy (non-hydrogen) atoms. The zero-order valence-electron chi connectivity index (χ0n) is 12.8. The Hall–Kier alpha value is -1.06. The molecule has 0 spiro atoms. The number of nitrogens with one attached hydrogen (secondary N) is 1. The van der Waals surface area contributed by atoms with Crippen molar-refractivity contribution in [3.8, 4) is 0 Å². The molecule has 1 saturated carbocycles. The number of hydrogen-bond acceptors (Lipinski definition) is 2. The van der Waals surface area contributed by atoms with Gasteiger partial charge in [0.15, 0.2) is 0 Å². The molecule has 2 rings (SSSR count). The Morgan fingerprint density at radius 3 is 2.33 bits per heavy atom. The lowest BCUT2D eigenvalue weighted by Crippen LogP contribution is -2.37. The number of rotatable bonds is 5. The van der Waals surface area contributed by atoms with Gasteiger partial charge in [0.05, 0.1) is 0 Å². The number of carbonyl (C=O) groups is 1. The highest BCUT2D eigenvalue weighted by Gasteiger charge is 2.21. The van der Waals surface area contributed by atoms with E-state index in [1.807, 2.05) is 30.3 Å². The minimum Gasteiger partial charge on any atom is -0.354 e. The maximum atomic E-state index is 12.1. The number of hydrogen-bond donors (Lipinski definition) is 2. The number of amides is 1. The SMILES string of the molecule is CCC1CCC(CNC(=O)C(N)c2ccccc2)CC1.Cl.